The number of benzene rings is 4. The maximum Gasteiger partial charge on any atom is 0.335 e. The summed E-state index contributed by atoms with van der Waals surface area (Å²) in [5, 5.41) is 2.53. The fraction of sp³-hybridized carbons (Fsp3) is 0.121. The number of carbonyl (C=O) groups is 3. The molecule has 224 valence electrons. The normalized spacial score (nSPS) is 14.0. The molecule has 0 spiro atoms. The number of hydrogen-bond donors (Lipinski definition) is 1. The number of anilines is 1. The van der Waals surface area contributed by atoms with E-state index in [1.54, 1.807) is 24.3 Å². The number of carbonyl (C=O) groups excluding carboxylic acids is 3. The summed E-state index contributed by atoms with van der Waals surface area (Å²) in [5.74, 6) is -0.203. The molecule has 1 fully saturated rings. The average Bonchev–Trinajstić information content (AvgIpc) is 3.00. The van der Waals surface area contributed by atoms with E-state index in [1.807, 2.05) is 55.5 Å². The van der Waals surface area contributed by atoms with Crippen molar-refractivity contribution >= 4 is 68.7 Å². The number of barbiturate groups is 1. The summed E-state index contributed by atoms with van der Waals surface area (Å²) in [4.78, 5) is 39.1. The second kappa shape index (κ2) is 14.0. The summed E-state index contributed by atoms with van der Waals surface area (Å²) < 4.78 is 18.5. The van der Waals surface area contributed by atoms with Crippen molar-refractivity contribution in [2.45, 2.75) is 20.1 Å². The third-order valence-corrected chi connectivity index (χ3v) is 7.54. The van der Waals surface area contributed by atoms with E-state index in [0.29, 0.717) is 36.0 Å². The molecule has 8 nitrogen and oxygen atoms in total. The molecule has 0 atom stereocenters. The van der Waals surface area contributed by atoms with Crippen LogP contribution in [0.2, 0.25) is 10.0 Å². The number of rotatable bonds is 10. The first-order valence-corrected chi connectivity index (χ1v) is 15.0. The molecule has 0 saturated carbocycles. The Morgan fingerprint density at radius 1 is 0.795 bits per heavy atom. The van der Waals surface area contributed by atoms with E-state index >= 15 is 0 Å². The zero-order chi connectivity index (χ0) is 31.2. The number of ether oxygens (including phenoxy) is 3. The van der Waals surface area contributed by atoms with E-state index in [1.165, 1.54) is 18.2 Å². The molecule has 4 aromatic carbocycles. The van der Waals surface area contributed by atoms with Crippen LogP contribution in [0.4, 0.5) is 10.5 Å². The molecule has 4 aromatic rings. The highest BCUT2D eigenvalue weighted by molar-refractivity contribution is 9.10. The first kappa shape index (κ1) is 31.1. The number of halogens is 3. The van der Waals surface area contributed by atoms with Gasteiger partial charge < -0.3 is 14.2 Å². The second-order valence-corrected chi connectivity index (χ2v) is 11.3. The summed E-state index contributed by atoms with van der Waals surface area (Å²) in [6.45, 7) is 2.87. The molecular formula is C33H25BrCl2N2O6. The van der Waals surface area contributed by atoms with Gasteiger partial charge in [-0.3, -0.25) is 14.9 Å². The SMILES string of the molecule is CCOc1cc(COc2c(Cl)cc(/C=C3\C(=O)NC(=O)N(c4ccc(Br)cc4)C3=O)cc2Cl)ccc1OCc1ccccc1. The van der Waals surface area contributed by atoms with Gasteiger partial charge in [-0.15, -0.1) is 0 Å². The fourth-order valence-electron chi connectivity index (χ4n) is 4.37. The van der Waals surface area contributed by atoms with Crippen molar-refractivity contribution < 1.29 is 28.6 Å². The van der Waals surface area contributed by atoms with Crippen LogP contribution < -0.4 is 24.4 Å². The molecule has 5 rings (SSSR count). The summed E-state index contributed by atoms with van der Waals surface area (Å²) in [6.07, 6.45) is 1.32. The Morgan fingerprint density at radius 3 is 2.16 bits per heavy atom. The minimum absolute atomic E-state index is 0.129. The summed E-state index contributed by atoms with van der Waals surface area (Å²) >= 11 is 16.4. The largest absolute Gasteiger partial charge is 0.490 e. The molecule has 1 aliphatic heterocycles. The minimum atomic E-state index is -0.845. The molecule has 0 aromatic heterocycles. The lowest BCUT2D eigenvalue weighted by Crippen LogP contribution is -2.54. The van der Waals surface area contributed by atoms with E-state index in [0.717, 1.165) is 20.5 Å². The standard InChI is InChI=1S/C33H25BrCl2N2O6/c1-2-42-29-17-21(8-13-28(29)43-18-20-6-4-3-5-7-20)19-44-30-26(35)15-22(16-27(30)36)14-25-31(39)37-33(41)38(32(25)40)24-11-9-23(34)10-12-24/h3-17H,2,18-19H2,1H3,(H,37,39,41)/b25-14+. The van der Waals surface area contributed by atoms with Gasteiger partial charge in [0.1, 0.15) is 18.8 Å². The maximum absolute atomic E-state index is 13.2. The zero-order valence-corrected chi connectivity index (χ0v) is 26.4. The predicted octanol–water partition coefficient (Wildman–Crippen LogP) is 7.98. The second-order valence-electron chi connectivity index (χ2n) is 9.52. The monoisotopic (exact) mass is 694 g/mol. The summed E-state index contributed by atoms with van der Waals surface area (Å²) in [6, 6.07) is 24.0. The highest BCUT2D eigenvalue weighted by atomic mass is 79.9. The Labute approximate surface area is 272 Å². The molecule has 44 heavy (non-hydrogen) atoms. The highest BCUT2D eigenvalue weighted by Gasteiger charge is 2.36. The Kier molecular flexibility index (Phi) is 9.89. The Bertz CT molecular complexity index is 1720. The van der Waals surface area contributed by atoms with Gasteiger partial charge in [-0.05, 0) is 78.2 Å². The number of amides is 4. The van der Waals surface area contributed by atoms with Crippen molar-refractivity contribution in [3.8, 4) is 17.2 Å². The van der Waals surface area contributed by atoms with E-state index in [4.69, 9.17) is 37.4 Å². The maximum atomic E-state index is 13.2. The summed E-state index contributed by atoms with van der Waals surface area (Å²) in [5.41, 5.74) is 2.24. The van der Waals surface area contributed by atoms with Crippen molar-refractivity contribution in [2.75, 3.05) is 11.5 Å². The van der Waals surface area contributed by atoms with Crippen LogP contribution in [0, 0.1) is 0 Å². The van der Waals surface area contributed by atoms with Gasteiger partial charge in [-0.1, -0.05) is 75.5 Å². The van der Waals surface area contributed by atoms with Crippen LogP contribution in [0.3, 0.4) is 0 Å². The Hall–Kier alpha value is -4.31. The van der Waals surface area contributed by atoms with Crippen LogP contribution in [-0.2, 0) is 22.8 Å². The zero-order valence-electron chi connectivity index (χ0n) is 23.3. The van der Waals surface area contributed by atoms with Gasteiger partial charge in [0.2, 0.25) is 0 Å². The van der Waals surface area contributed by atoms with Crippen molar-refractivity contribution in [1.29, 1.82) is 0 Å². The highest BCUT2D eigenvalue weighted by Crippen LogP contribution is 2.37. The van der Waals surface area contributed by atoms with Crippen molar-refractivity contribution in [1.82, 2.24) is 5.32 Å². The lowest BCUT2D eigenvalue weighted by molar-refractivity contribution is -0.122. The molecule has 4 amide bonds. The van der Waals surface area contributed by atoms with Crippen LogP contribution >= 0.6 is 39.1 Å². The number of nitrogens with one attached hydrogen (secondary N) is 1. The van der Waals surface area contributed by atoms with Crippen molar-refractivity contribution in [2.24, 2.45) is 0 Å². The van der Waals surface area contributed by atoms with Gasteiger partial charge in [-0.25, -0.2) is 9.69 Å². The number of urea groups is 1. The molecule has 0 aliphatic carbocycles. The predicted molar refractivity (Wildman–Crippen MR) is 172 cm³/mol. The third kappa shape index (κ3) is 7.24. The first-order chi connectivity index (χ1) is 21.2. The molecule has 1 N–H and O–H groups in total. The van der Waals surface area contributed by atoms with Gasteiger partial charge in [0.05, 0.1) is 22.3 Å². The minimum Gasteiger partial charge on any atom is -0.490 e. The molecule has 1 heterocycles. The van der Waals surface area contributed by atoms with Crippen LogP contribution in [0.15, 0.2) is 95.0 Å². The molecule has 0 radical (unpaired) electrons. The molecule has 1 saturated heterocycles. The quantitative estimate of drug-likeness (QED) is 0.134. The molecule has 1 aliphatic rings. The van der Waals surface area contributed by atoms with Crippen LogP contribution in [-0.4, -0.2) is 24.5 Å². The number of imide groups is 2. The van der Waals surface area contributed by atoms with Crippen LogP contribution in [0.25, 0.3) is 6.08 Å². The van der Waals surface area contributed by atoms with Crippen LogP contribution in [0.1, 0.15) is 23.6 Å². The topological polar surface area (TPSA) is 94.2 Å². The lowest BCUT2D eigenvalue weighted by atomic mass is 10.1. The van der Waals surface area contributed by atoms with Gasteiger partial charge in [0.25, 0.3) is 11.8 Å². The van der Waals surface area contributed by atoms with E-state index in [-0.39, 0.29) is 28.0 Å². The van der Waals surface area contributed by atoms with E-state index in [2.05, 4.69) is 21.2 Å². The molecule has 0 unspecified atom stereocenters. The van der Waals surface area contributed by atoms with Gasteiger partial charge in [-0.2, -0.15) is 0 Å². The van der Waals surface area contributed by atoms with Crippen molar-refractivity contribution in [3.05, 3.63) is 122 Å². The Morgan fingerprint density at radius 2 is 1.48 bits per heavy atom. The molecule has 0 bridgehead atoms. The van der Waals surface area contributed by atoms with E-state index in [9.17, 15) is 14.4 Å². The number of hydrogen-bond acceptors (Lipinski definition) is 6. The van der Waals surface area contributed by atoms with Gasteiger partial charge in [0.15, 0.2) is 17.2 Å². The van der Waals surface area contributed by atoms with Gasteiger partial charge >= 0.3 is 6.03 Å². The third-order valence-electron chi connectivity index (χ3n) is 6.45. The fourth-order valence-corrected chi connectivity index (χ4v) is 5.25. The molecule has 11 heteroatoms. The average molecular weight is 696 g/mol. The molecular weight excluding hydrogens is 671 g/mol. The Balaban J connectivity index is 1.31. The van der Waals surface area contributed by atoms with Crippen LogP contribution in [0.5, 0.6) is 17.2 Å². The lowest BCUT2D eigenvalue weighted by Gasteiger charge is -2.26. The first-order valence-electron chi connectivity index (χ1n) is 13.4. The van der Waals surface area contributed by atoms with Crippen molar-refractivity contribution in [3.63, 3.8) is 0 Å². The summed E-state index contributed by atoms with van der Waals surface area (Å²) in [7, 11) is 0. The number of nitrogens with zero attached hydrogens (tertiary/aromatic N) is 1. The van der Waals surface area contributed by atoms with Gasteiger partial charge in [0, 0.05) is 4.47 Å². The van der Waals surface area contributed by atoms with E-state index < -0.39 is 17.8 Å². The smallest absolute Gasteiger partial charge is 0.335 e.